The molecule has 0 radical (unpaired) electrons. The van der Waals surface area contributed by atoms with E-state index in [1.54, 1.807) is 7.11 Å². The van der Waals surface area contributed by atoms with Crippen LogP contribution in [0.5, 0.6) is 0 Å². The van der Waals surface area contributed by atoms with Crippen LogP contribution in [0, 0.1) is 6.92 Å². The molecule has 1 aromatic heterocycles. The molecule has 5 nitrogen and oxygen atoms in total. The van der Waals surface area contributed by atoms with Gasteiger partial charge in [0.2, 0.25) is 5.95 Å². The molecule has 0 aliphatic heterocycles. The van der Waals surface area contributed by atoms with Gasteiger partial charge in [-0.3, -0.25) is 0 Å². The summed E-state index contributed by atoms with van der Waals surface area (Å²) in [6.45, 7) is 11.9. The number of nitrogens with zero attached hydrogens (tertiary/aromatic N) is 3. The molecule has 0 amide bonds. The highest BCUT2D eigenvalue weighted by atomic mass is 16.5. The van der Waals surface area contributed by atoms with E-state index in [-0.39, 0.29) is 6.04 Å². The lowest BCUT2D eigenvalue weighted by Gasteiger charge is -2.27. The first kappa shape index (κ1) is 16.9. The zero-order valence-corrected chi connectivity index (χ0v) is 13.4. The Hall–Kier alpha value is -1.20. The summed E-state index contributed by atoms with van der Waals surface area (Å²) in [5, 5.41) is 3.38. The minimum absolute atomic E-state index is 0.272. The fraction of sp³-hybridized carbons (Fsp3) is 0.733. The standard InChI is InChI=1S/C15H28N4O/c1-6-8-16-9-14-10-17-15(18-13(14)4)19(7-2)12(3)11-20-5/h10,12,16H,6-9,11H2,1-5H3. The van der Waals surface area contributed by atoms with Gasteiger partial charge < -0.3 is 15.0 Å². The third kappa shape index (κ3) is 4.72. The van der Waals surface area contributed by atoms with E-state index in [2.05, 4.69) is 41.0 Å². The number of anilines is 1. The van der Waals surface area contributed by atoms with Crippen molar-refractivity contribution in [1.29, 1.82) is 0 Å². The van der Waals surface area contributed by atoms with Crippen LogP contribution in [0.3, 0.4) is 0 Å². The second kappa shape index (κ2) is 8.87. The molecule has 0 fully saturated rings. The first-order valence-corrected chi connectivity index (χ1v) is 7.42. The maximum Gasteiger partial charge on any atom is 0.225 e. The van der Waals surface area contributed by atoms with Crippen LogP contribution in [0.2, 0.25) is 0 Å². The third-order valence-electron chi connectivity index (χ3n) is 3.35. The predicted octanol–water partition coefficient (Wildman–Crippen LogP) is 2.15. The Morgan fingerprint density at radius 3 is 2.70 bits per heavy atom. The first-order chi connectivity index (χ1) is 9.63. The molecule has 0 aliphatic carbocycles. The zero-order valence-electron chi connectivity index (χ0n) is 13.4. The van der Waals surface area contributed by atoms with E-state index in [4.69, 9.17) is 4.74 Å². The van der Waals surface area contributed by atoms with Gasteiger partial charge in [-0.2, -0.15) is 0 Å². The molecule has 1 N–H and O–H groups in total. The van der Waals surface area contributed by atoms with Crippen molar-refractivity contribution in [3.63, 3.8) is 0 Å². The van der Waals surface area contributed by atoms with Crippen molar-refractivity contribution in [2.24, 2.45) is 0 Å². The summed E-state index contributed by atoms with van der Waals surface area (Å²) in [4.78, 5) is 11.3. The molecule has 114 valence electrons. The Bertz CT molecular complexity index is 397. The van der Waals surface area contributed by atoms with Crippen LogP contribution >= 0.6 is 0 Å². The molecule has 1 rings (SSSR count). The minimum Gasteiger partial charge on any atom is -0.383 e. The van der Waals surface area contributed by atoms with Gasteiger partial charge in [-0.1, -0.05) is 6.92 Å². The summed E-state index contributed by atoms with van der Waals surface area (Å²) in [5.74, 6) is 0.786. The topological polar surface area (TPSA) is 50.3 Å². The number of aromatic nitrogens is 2. The SMILES string of the molecule is CCCNCc1cnc(N(CC)C(C)COC)nc1C. The minimum atomic E-state index is 0.272. The Labute approximate surface area is 122 Å². The smallest absolute Gasteiger partial charge is 0.225 e. The molecule has 5 heteroatoms. The number of nitrogens with one attached hydrogen (secondary N) is 1. The first-order valence-electron chi connectivity index (χ1n) is 7.42. The molecular weight excluding hydrogens is 252 g/mol. The van der Waals surface area contributed by atoms with Gasteiger partial charge in [0.05, 0.1) is 12.6 Å². The van der Waals surface area contributed by atoms with Crippen molar-refractivity contribution >= 4 is 5.95 Å². The molecule has 1 unspecified atom stereocenters. The van der Waals surface area contributed by atoms with Gasteiger partial charge in [0.15, 0.2) is 0 Å². The monoisotopic (exact) mass is 280 g/mol. The quantitative estimate of drug-likeness (QED) is 0.702. The van der Waals surface area contributed by atoms with E-state index in [0.29, 0.717) is 6.61 Å². The summed E-state index contributed by atoms with van der Waals surface area (Å²) in [6.07, 6.45) is 3.07. The molecule has 0 spiro atoms. The summed E-state index contributed by atoms with van der Waals surface area (Å²) < 4.78 is 5.22. The van der Waals surface area contributed by atoms with Crippen LogP contribution in [0.15, 0.2) is 6.20 Å². The summed E-state index contributed by atoms with van der Waals surface area (Å²) >= 11 is 0. The predicted molar refractivity (Wildman–Crippen MR) is 83.1 cm³/mol. The lowest BCUT2D eigenvalue weighted by molar-refractivity contribution is 0.181. The van der Waals surface area contributed by atoms with Crippen molar-refractivity contribution < 1.29 is 4.74 Å². The molecule has 0 saturated carbocycles. The van der Waals surface area contributed by atoms with Crippen molar-refractivity contribution in [1.82, 2.24) is 15.3 Å². The molecule has 0 aliphatic rings. The van der Waals surface area contributed by atoms with Crippen LogP contribution in [0.1, 0.15) is 38.4 Å². The summed E-state index contributed by atoms with van der Waals surface area (Å²) in [6, 6.07) is 0.272. The molecule has 0 saturated heterocycles. The van der Waals surface area contributed by atoms with Crippen LogP contribution in [-0.4, -0.2) is 42.8 Å². The van der Waals surface area contributed by atoms with Gasteiger partial charge in [0.1, 0.15) is 0 Å². The van der Waals surface area contributed by atoms with E-state index in [0.717, 1.165) is 43.3 Å². The highest BCUT2D eigenvalue weighted by molar-refractivity contribution is 5.34. The van der Waals surface area contributed by atoms with E-state index in [1.165, 1.54) is 0 Å². The van der Waals surface area contributed by atoms with Crippen molar-refractivity contribution in [3.05, 3.63) is 17.5 Å². The number of methoxy groups -OCH3 is 1. The van der Waals surface area contributed by atoms with Crippen LogP contribution < -0.4 is 10.2 Å². The Balaban J connectivity index is 2.78. The normalized spacial score (nSPS) is 12.4. The second-order valence-electron chi connectivity index (χ2n) is 5.05. The van der Waals surface area contributed by atoms with Crippen LogP contribution in [0.25, 0.3) is 0 Å². The van der Waals surface area contributed by atoms with E-state index < -0.39 is 0 Å². The molecule has 1 aromatic rings. The number of hydrogen-bond donors (Lipinski definition) is 1. The zero-order chi connectivity index (χ0) is 15.0. The van der Waals surface area contributed by atoms with Crippen molar-refractivity contribution in [2.75, 3.05) is 31.7 Å². The van der Waals surface area contributed by atoms with Gasteiger partial charge in [0, 0.05) is 37.7 Å². The highest BCUT2D eigenvalue weighted by Crippen LogP contribution is 2.14. The summed E-state index contributed by atoms with van der Waals surface area (Å²) in [7, 11) is 1.72. The average Bonchev–Trinajstić information content (AvgIpc) is 2.42. The number of hydrogen-bond acceptors (Lipinski definition) is 5. The number of aryl methyl sites for hydroxylation is 1. The fourth-order valence-corrected chi connectivity index (χ4v) is 2.17. The van der Waals surface area contributed by atoms with Gasteiger partial charge in [0.25, 0.3) is 0 Å². The maximum absolute atomic E-state index is 5.22. The molecule has 0 aromatic carbocycles. The molecular formula is C15H28N4O. The van der Waals surface area contributed by atoms with E-state index in [1.807, 2.05) is 13.1 Å². The van der Waals surface area contributed by atoms with Gasteiger partial charge >= 0.3 is 0 Å². The molecule has 20 heavy (non-hydrogen) atoms. The van der Waals surface area contributed by atoms with E-state index >= 15 is 0 Å². The molecule has 0 bridgehead atoms. The lowest BCUT2D eigenvalue weighted by atomic mass is 10.2. The Morgan fingerprint density at radius 2 is 2.15 bits per heavy atom. The van der Waals surface area contributed by atoms with Gasteiger partial charge in [-0.05, 0) is 33.7 Å². The van der Waals surface area contributed by atoms with Crippen LogP contribution in [-0.2, 0) is 11.3 Å². The highest BCUT2D eigenvalue weighted by Gasteiger charge is 2.16. The van der Waals surface area contributed by atoms with E-state index in [9.17, 15) is 0 Å². The Kier molecular flexibility index (Phi) is 7.47. The fourth-order valence-electron chi connectivity index (χ4n) is 2.17. The Morgan fingerprint density at radius 1 is 1.40 bits per heavy atom. The molecule has 1 atom stereocenters. The number of ether oxygens (including phenoxy) is 1. The second-order valence-corrected chi connectivity index (χ2v) is 5.05. The van der Waals surface area contributed by atoms with Crippen molar-refractivity contribution in [3.8, 4) is 0 Å². The summed E-state index contributed by atoms with van der Waals surface area (Å²) in [5.41, 5.74) is 2.21. The van der Waals surface area contributed by atoms with Gasteiger partial charge in [-0.15, -0.1) is 0 Å². The molecule has 1 heterocycles. The maximum atomic E-state index is 5.22. The van der Waals surface area contributed by atoms with Crippen LogP contribution in [0.4, 0.5) is 5.95 Å². The van der Waals surface area contributed by atoms with Crippen molar-refractivity contribution in [2.45, 2.75) is 46.7 Å². The average molecular weight is 280 g/mol. The van der Waals surface area contributed by atoms with Gasteiger partial charge in [-0.25, -0.2) is 9.97 Å². The third-order valence-corrected chi connectivity index (χ3v) is 3.35. The largest absolute Gasteiger partial charge is 0.383 e. The number of rotatable bonds is 9. The lowest BCUT2D eigenvalue weighted by Crippen LogP contribution is -2.37. The number of likely N-dealkylation sites (N-methyl/N-ethyl adjacent to an activating group) is 1.